The number of hydrogen-bond donors (Lipinski definition) is 3. The molecule has 3 atom stereocenters. The second-order valence-electron chi connectivity index (χ2n) is 6.61. The van der Waals surface area contributed by atoms with Crippen molar-refractivity contribution in [3.05, 3.63) is 11.7 Å². The van der Waals surface area contributed by atoms with Gasteiger partial charge in [-0.15, -0.1) is 0 Å². The van der Waals surface area contributed by atoms with Gasteiger partial charge in [0.05, 0.1) is 0 Å². The van der Waals surface area contributed by atoms with E-state index in [9.17, 15) is 4.79 Å². The highest BCUT2D eigenvalue weighted by molar-refractivity contribution is 5.74. The number of aliphatic hydroxyl groups excluding tert-OH is 1. The molecule has 130 valence electrons. The fraction of sp³-hybridized carbons (Fsp3) is 0.812. The summed E-state index contributed by atoms with van der Waals surface area (Å²) in [6.07, 6.45) is 5.93. The molecule has 0 saturated heterocycles. The molecule has 3 unspecified atom stereocenters. The number of carbonyl (C=O) groups excluding carboxylic acids is 1. The number of aliphatic hydroxyl groups is 1. The van der Waals surface area contributed by atoms with Gasteiger partial charge >= 0.3 is 6.03 Å². The normalized spacial score (nSPS) is 19.8. The molecule has 1 aliphatic rings. The van der Waals surface area contributed by atoms with E-state index in [1.807, 2.05) is 20.8 Å². The van der Waals surface area contributed by atoms with Gasteiger partial charge in [0.25, 0.3) is 0 Å². The Bertz CT molecular complexity index is 499. The van der Waals surface area contributed by atoms with Crippen LogP contribution in [0.5, 0.6) is 0 Å². The van der Waals surface area contributed by atoms with Gasteiger partial charge in [0.15, 0.2) is 5.82 Å². The SMILES string of the molecule is CC(NC(=O)NC(C)C(C)CO)c1nc(C2CCCCC2)no1. The highest BCUT2D eigenvalue weighted by Crippen LogP contribution is 2.31. The maximum absolute atomic E-state index is 12.0. The van der Waals surface area contributed by atoms with Crippen LogP contribution in [0, 0.1) is 5.92 Å². The van der Waals surface area contributed by atoms with Gasteiger partial charge in [0, 0.05) is 18.6 Å². The lowest BCUT2D eigenvalue weighted by Gasteiger charge is -2.20. The van der Waals surface area contributed by atoms with Crippen molar-refractivity contribution in [2.75, 3.05) is 6.61 Å². The Hall–Kier alpha value is -1.63. The summed E-state index contributed by atoms with van der Waals surface area (Å²) in [5.41, 5.74) is 0. The molecule has 0 radical (unpaired) electrons. The summed E-state index contributed by atoms with van der Waals surface area (Å²) in [6.45, 7) is 5.59. The molecule has 1 aliphatic carbocycles. The van der Waals surface area contributed by atoms with Gasteiger partial charge in [-0.3, -0.25) is 0 Å². The Balaban J connectivity index is 1.86. The molecule has 1 saturated carbocycles. The predicted octanol–water partition coefficient (Wildman–Crippen LogP) is 2.49. The smallest absolute Gasteiger partial charge is 0.315 e. The first-order valence-corrected chi connectivity index (χ1v) is 8.52. The van der Waals surface area contributed by atoms with E-state index >= 15 is 0 Å². The van der Waals surface area contributed by atoms with E-state index < -0.39 is 0 Å². The molecule has 1 aromatic rings. The van der Waals surface area contributed by atoms with Crippen LogP contribution >= 0.6 is 0 Å². The predicted molar refractivity (Wildman–Crippen MR) is 85.9 cm³/mol. The molecule has 1 aromatic heterocycles. The van der Waals surface area contributed by atoms with Gasteiger partial charge in [-0.05, 0) is 32.6 Å². The Morgan fingerprint density at radius 3 is 2.61 bits per heavy atom. The zero-order chi connectivity index (χ0) is 16.8. The molecule has 0 aromatic carbocycles. The van der Waals surface area contributed by atoms with Crippen LogP contribution < -0.4 is 10.6 Å². The lowest BCUT2D eigenvalue weighted by molar-refractivity contribution is 0.198. The van der Waals surface area contributed by atoms with Crippen molar-refractivity contribution in [2.24, 2.45) is 5.92 Å². The molecule has 2 amide bonds. The summed E-state index contributed by atoms with van der Waals surface area (Å²) in [6, 6.07) is -0.771. The molecular formula is C16H28N4O3. The monoisotopic (exact) mass is 324 g/mol. The zero-order valence-electron chi connectivity index (χ0n) is 14.2. The van der Waals surface area contributed by atoms with E-state index in [2.05, 4.69) is 20.8 Å². The minimum absolute atomic E-state index is 0.00244. The maximum atomic E-state index is 12.0. The quantitative estimate of drug-likeness (QED) is 0.746. The summed E-state index contributed by atoms with van der Waals surface area (Å²) in [5.74, 6) is 1.57. The third kappa shape index (κ3) is 4.92. The van der Waals surface area contributed by atoms with Crippen LogP contribution in [-0.2, 0) is 0 Å². The van der Waals surface area contributed by atoms with Crippen LogP contribution in [-0.4, -0.2) is 33.9 Å². The summed E-state index contributed by atoms with van der Waals surface area (Å²) in [5, 5.41) is 18.8. The minimum Gasteiger partial charge on any atom is -0.396 e. The highest BCUT2D eigenvalue weighted by atomic mass is 16.5. The van der Waals surface area contributed by atoms with E-state index in [1.165, 1.54) is 19.3 Å². The van der Waals surface area contributed by atoms with E-state index in [-0.39, 0.29) is 30.6 Å². The fourth-order valence-electron chi connectivity index (χ4n) is 2.76. The van der Waals surface area contributed by atoms with Crippen molar-refractivity contribution in [3.63, 3.8) is 0 Å². The van der Waals surface area contributed by atoms with Crippen molar-refractivity contribution < 1.29 is 14.4 Å². The molecule has 0 aliphatic heterocycles. The first kappa shape index (κ1) is 17.7. The van der Waals surface area contributed by atoms with Crippen LogP contribution in [0.25, 0.3) is 0 Å². The lowest BCUT2D eigenvalue weighted by Crippen LogP contribution is -2.45. The second kappa shape index (κ2) is 8.29. The maximum Gasteiger partial charge on any atom is 0.315 e. The van der Waals surface area contributed by atoms with Gasteiger partial charge in [0.1, 0.15) is 6.04 Å². The van der Waals surface area contributed by atoms with Crippen LogP contribution in [0.15, 0.2) is 4.52 Å². The van der Waals surface area contributed by atoms with E-state index in [1.54, 1.807) is 0 Å². The summed E-state index contributed by atoms with van der Waals surface area (Å²) < 4.78 is 5.31. The van der Waals surface area contributed by atoms with Gasteiger partial charge in [-0.1, -0.05) is 31.3 Å². The Morgan fingerprint density at radius 1 is 1.26 bits per heavy atom. The van der Waals surface area contributed by atoms with Gasteiger partial charge in [-0.25, -0.2) is 4.79 Å². The first-order chi connectivity index (χ1) is 11.0. The Morgan fingerprint density at radius 2 is 1.96 bits per heavy atom. The van der Waals surface area contributed by atoms with Crippen LogP contribution in [0.2, 0.25) is 0 Å². The largest absolute Gasteiger partial charge is 0.396 e. The molecule has 7 heteroatoms. The van der Waals surface area contributed by atoms with Crippen LogP contribution in [0.1, 0.15) is 76.6 Å². The number of aromatic nitrogens is 2. The fourth-order valence-corrected chi connectivity index (χ4v) is 2.76. The van der Waals surface area contributed by atoms with Crippen molar-refractivity contribution in [3.8, 4) is 0 Å². The molecule has 3 N–H and O–H groups in total. The highest BCUT2D eigenvalue weighted by Gasteiger charge is 2.24. The summed E-state index contributed by atoms with van der Waals surface area (Å²) >= 11 is 0. The summed E-state index contributed by atoms with van der Waals surface area (Å²) in [4.78, 5) is 16.4. The standard InChI is InChI=1S/C16H28N4O3/c1-10(9-21)11(2)17-16(22)18-12(3)15-19-14(20-23-15)13-7-5-4-6-8-13/h10-13,21H,4-9H2,1-3H3,(H2,17,18,22). The third-order valence-corrected chi connectivity index (χ3v) is 4.65. The zero-order valence-corrected chi connectivity index (χ0v) is 14.2. The number of urea groups is 1. The topological polar surface area (TPSA) is 100 Å². The molecule has 2 rings (SSSR count). The number of nitrogens with zero attached hydrogens (tertiary/aromatic N) is 2. The number of nitrogens with one attached hydrogen (secondary N) is 2. The average Bonchev–Trinajstić information content (AvgIpc) is 3.04. The third-order valence-electron chi connectivity index (χ3n) is 4.65. The molecule has 1 fully saturated rings. The number of carbonyl (C=O) groups is 1. The van der Waals surface area contributed by atoms with Crippen LogP contribution in [0.4, 0.5) is 4.79 Å². The summed E-state index contributed by atoms with van der Waals surface area (Å²) in [7, 11) is 0. The molecule has 23 heavy (non-hydrogen) atoms. The second-order valence-corrected chi connectivity index (χ2v) is 6.61. The van der Waals surface area contributed by atoms with Gasteiger partial charge in [-0.2, -0.15) is 4.98 Å². The van der Waals surface area contributed by atoms with Crippen molar-refractivity contribution >= 4 is 6.03 Å². The number of rotatable bonds is 6. The molecule has 0 bridgehead atoms. The van der Waals surface area contributed by atoms with Gasteiger partial charge < -0.3 is 20.3 Å². The Labute approximate surface area is 137 Å². The van der Waals surface area contributed by atoms with Gasteiger partial charge in [0.2, 0.25) is 5.89 Å². The van der Waals surface area contributed by atoms with E-state index in [0.29, 0.717) is 11.8 Å². The average molecular weight is 324 g/mol. The van der Waals surface area contributed by atoms with E-state index in [4.69, 9.17) is 9.63 Å². The lowest BCUT2D eigenvalue weighted by atomic mass is 9.89. The molecule has 7 nitrogen and oxygen atoms in total. The molecular weight excluding hydrogens is 296 g/mol. The van der Waals surface area contributed by atoms with Crippen molar-refractivity contribution in [2.45, 2.75) is 70.9 Å². The molecule has 0 spiro atoms. The minimum atomic E-state index is -0.350. The first-order valence-electron chi connectivity index (χ1n) is 8.52. The van der Waals surface area contributed by atoms with Crippen molar-refractivity contribution in [1.29, 1.82) is 0 Å². The Kier molecular flexibility index (Phi) is 6.38. The number of hydrogen-bond acceptors (Lipinski definition) is 5. The molecule has 1 heterocycles. The van der Waals surface area contributed by atoms with Crippen LogP contribution in [0.3, 0.4) is 0 Å². The van der Waals surface area contributed by atoms with E-state index in [0.717, 1.165) is 18.7 Å². The van der Waals surface area contributed by atoms with Crippen molar-refractivity contribution in [1.82, 2.24) is 20.8 Å². The number of amides is 2.